The molecular weight excluding hydrogens is 392 g/mol. The van der Waals surface area contributed by atoms with Crippen LogP contribution in [0.1, 0.15) is 68.1 Å². The van der Waals surface area contributed by atoms with Crippen LogP contribution in [0, 0.1) is 0 Å². The van der Waals surface area contributed by atoms with Gasteiger partial charge in [-0.2, -0.15) is 0 Å². The van der Waals surface area contributed by atoms with Crippen LogP contribution >= 0.6 is 0 Å². The summed E-state index contributed by atoms with van der Waals surface area (Å²) in [6.07, 6.45) is 1.57. The summed E-state index contributed by atoms with van der Waals surface area (Å²) < 4.78 is 9.97. The number of aromatic carboxylic acids is 2. The molecule has 0 saturated carbocycles. The van der Waals surface area contributed by atoms with Gasteiger partial charge in [-0.1, -0.05) is 19.9 Å². The number of ether oxygens (including phenoxy) is 2. The van der Waals surface area contributed by atoms with Crippen molar-refractivity contribution in [3.05, 3.63) is 70.8 Å². The number of rotatable bonds is 8. The van der Waals surface area contributed by atoms with Crippen molar-refractivity contribution in [2.45, 2.75) is 26.7 Å². The third-order valence-corrected chi connectivity index (χ3v) is 3.59. The van der Waals surface area contributed by atoms with Crippen LogP contribution in [0.5, 0.6) is 0 Å². The Morgan fingerprint density at radius 3 is 1.33 bits per heavy atom. The summed E-state index contributed by atoms with van der Waals surface area (Å²) in [6.45, 7) is 4.67. The number of carbonyl (C=O) groups excluding carboxylic acids is 2. The molecule has 0 heterocycles. The molecule has 0 aromatic heterocycles. The highest BCUT2D eigenvalue weighted by Gasteiger charge is 2.10. The summed E-state index contributed by atoms with van der Waals surface area (Å²) in [6, 6.07) is 11.5. The second kappa shape index (κ2) is 12.7. The van der Waals surface area contributed by atoms with Crippen molar-refractivity contribution in [3.8, 4) is 0 Å². The number of hydrogen-bond donors (Lipinski definition) is 2. The molecule has 0 unspecified atom stereocenters. The Kier molecular flexibility index (Phi) is 10.3. The maximum absolute atomic E-state index is 11.5. The summed E-state index contributed by atoms with van der Waals surface area (Å²) >= 11 is 0. The maximum Gasteiger partial charge on any atom is 0.338 e. The van der Waals surface area contributed by atoms with Crippen molar-refractivity contribution in [1.29, 1.82) is 0 Å². The first-order valence-corrected chi connectivity index (χ1v) is 9.31. The highest BCUT2D eigenvalue weighted by atomic mass is 16.5. The molecule has 160 valence electrons. The van der Waals surface area contributed by atoms with Crippen LogP contribution in [0.3, 0.4) is 0 Å². The highest BCUT2D eigenvalue weighted by molar-refractivity contribution is 5.94. The Hall–Kier alpha value is -3.68. The molecule has 0 aliphatic rings. The maximum atomic E-state index is 11.5. The lowest BCUT2D eigenvalue weighted by atomic mass is 10.1. The molecule has 0 bridgehead atoms. The fourth-order valence-electron chi connectivity index (χ4n) is 2.08. The molecule has 0 saturated heterocycles. The summed E-state index contributed by atoms with van der Waals surface area (Å²) in [5.41, 5.74) is 0.843. The Labute approximate surface area is 174 Å². The van der Waals surface area contributed by atoms with Gasteiger partial charge in [-0.05, 0) is 55.3 Å². The molecule has 2 aromatic carbocycles. The molecule has 0 radical (unpaired) electrons. The third kappa shape index (κ3) is 8.14. The van der Waals surface area contributed by atoms with E-state index in [1.54, 1.807) is 24.3 Å². The zero-order valence-corrected chi connectivity index (χ0v) is 16.8. The average molecular weight is 416 g/mol. The fraction of sp³-hybridized carbons (Fsp3) is 0.273. The molecule has 0 aliphatic carbocycles. The number of carbonyl (C=O) groups is 4. The van der Waals surface area contributed by atoms with E-state index >= 15 is 0 Å². The molecule has 2 rings (SSSR count). The van der Waals surface area contributed by atoms with Crippen molar-refractivity contribution in [2.24, 2.45) is 0 Å². The third-order valence-electron chi connectivity index (χ3n) is 3.59. The lowest BCUT2D eigenvalue weighted by molar-refractivity contribution is 0.0490. The topological polar surface area (TPSA) is 127 Å². The van der Waals surface area contributed by atoms with Crippen molar-refractivity contribution < 1.29 is 38.9 Å². The number of carboxylic acids is 2. The molecule has 2 N–H and O–H groups in total. The summed E-state index contributed by atoms with van der Waals surface area (Å²) in [7, 11) is 0. The monoisotopic (exact) mass is 416 g/mol. The quantitative estimate of drug-likeness (QED) is 0.620. The Morgan fingerprint density at radius 2 is 1.03 bits per heavy atom. The van der Waals surface area contributed by atoms with E-state index in [9.17, 15) is 19.2 Å². The first-order valence-electron chi connectivity index (χ1n) is 9.31. The molecular formula is C22H24O8. The van der Waals surface area contributed by atoms with E-state index < -0.39 is 11.9 Å². The predicted octanol–water partition coefficient (Wildman–Crippen LogP) is 3.90. The number of esters is 2. The van der Waals surface area contributed by atoms with Gasteiger partial charge in [0, 0.05) is 0 Å². The van der Waals surface area contributed by atoms with Crippen LogP contribution in [0.15, 0.2) is 48.5 Å². The normalized spacial score (nSPS) is 9.67. The molecule has 2 aromatic rings. The highest BCUT2D eigenvalue weighted by Crippen LogP contribution is 2.08. The van der Waals surface area contributed by atoms with Gasteiger partial charge in [0.1, 0.15) is 0 Å². The average Bonchev–Trinajstić information content (AvgIpc) is 2.76. The molecule has 0 aliphatic heterocycles. The minimum absolute atomic E-state index is 0.0186. The Balaban J connectivity index is 0.000000325. The number of benzene rings is 2. The molecule has 0 amide bonds. The van der Waals surface area contributed by atoms with E-state index in [0.29, 0.717) is 24.3 Å². The van der Waals surface area contributed by atoms with Crippen LogP contribution in [-0.4, -0.2) is 47.3 Å². The van der Waals surface area contributed by atoms with Crippen molar-refractivity contribution >= 4 is 23.9 Å². The zero-order chi connectivity index (χ0) is 22.5. The van der Waals surface area contributed by atoms with E-state index in [0.717, 1.165) is 18.9 Å². The minimum Gasteiger partial charge on any atom is -0.478 e. The molecule has 8 heteroatoms. The Bertz CT molecular complexity index is 803. The molecule has 0 spiro atoms. The lowest BCUT2D eigenvalue weighted by Crippen LogP contribution is -2.08. The summed E-state index contributed by atoms with van der Waals surface area (Å²) in [4.78, 5) is 43.8. The van der Waals surface area contributed by atoms with Gasteiger partial charge in [0.25, 0.3) is 0 Å². The number of hydrogen-bond acceptors (Lipinski definition) is 6. The van der Waals surface area contributed by atoms with Gasteiger partial charge >= 0.3 is 23.9 Å². The number of carboxylic acid groups (broad SMARTS) is 2. The minimum atomic E-state index is -1.13. The standard InChI is InChI=1S/C14H18O4.C8H6O4/c1-3-9-17-13(15)11-5-7-12(8-6-11)14(16)18-10-4-2;9-7(10)5-2-1-3-6(4-5)8(11)12/h5-8H,3-4,9-10H2,1-2H3;1-4H,(H,9,10)(H,11,12). The van der Waals surface area contributed by atoms with E-state index in [1.165, 1.54) is 18.2 Å². The van der Waals surface area contributed by atoms with Gasteiger partial charge in [-0.25, -0.2) is 19.2 Å². The second-order valence-electron chi connectivity index (χ2n) is 6.04. The van der Waals surface area contributed by atoms with Crippen molar-refractivity contribution in [3.63, 3.8) is 0 Å². The SMILES string of the molecule is CCCOC(=O)c1ccc(C(=O)OCCC)cc1.O=C(O)c1cccc(C(=O)O)c1. The second-order valence-corrected chi connectivity index (χ2v) is 6.04. The first kappa shape index (κ1) is 24.4. The molecule has 0 atom stereocenters. The van der Waals surface area contributed by atoms with Crippen LogP contribution in [-0.2, 0) is 9.47 Å². The lowest BCUT2D eigenvalue weighted by Gasteiger charge is -2.05. The predicted molar refractivity (Wildman–Crippen MR) is 108 cm³/mol. The van der Waals surface area contributed by atoms with Gasteiger partial charge in [0.2, 0.25) is 0 Å². The van der Waals surface area contributed by atoms with E-state index in [2.05, 4.69) is 0 Å². The molecule has 8 nitrogen and oxygen atoms in total. The largest absolute Gasteiger partial charge is 0.478 e. The first-order chi connectivity index (χ1) is 14.3. The summed E-state index contributed by atoms with van der Waals surface area (Å²) in [5, 5.41) is 17.0. The van der Waals surface area contributed by atoms with E-state index in [4.69, 9.17) is 19.7 Å². The van der Waals surface area contributed by atoms with Crippen molar-refractivity contribution in [1.82, 2.24) is 0 Å². The zero-order valence-electron chi connectivity index (χ0n) is 16.8. The van der Waals surface area contributed by atoms with E-state index in [-0.39, 0.29) is 23.1 Å². The van der Waals surface area contributed by atoms with Gasteiger partial charge < -0.3 is 19.7 Å². The van der Waals surface area contributed by atoms with Gasteiger partial charge in [0.05, 0.1) is 35.5 Å². The molecule has 0 fully saturated rings. The van der Waals surface area contributed by atoms with Gasteiger partial charge in [-0.15, -0.1) is 0 Å². The van der Waals surface area contributed by atoms with Crippen LogP contribution in [0.2, 0.25) is 0 Å². The Morgan fingerprint density at radius 1 is 0.667 bits per heavy atom. The molecule has 30 heavy (non-hydrogen) atoms. The van der Waals surface area contributed by atoms with Crippen LogP contribution < -0.4 is 0 Å². The van der Waals surface area contributed by atoms with Crippen LogP contribution in [0.25, 0.3) is 0 Å². The van der Waals surface area contributed by atoms with Crippen molar-refractivity contribution in [2.75, 3.05) is 13.2 Å². The van der Waals surface area contributed by atoms with E-state index in [1.807, 2.05) is 13.8 Å². The smallest absolute Gasteiger partial charge is 0.338 e. The van der Waals surface area contributed by atoms with Gasteiger partial charge in [0.15, 0.2) is 0 Å². The summed E-state index contributed by atoms with van der Waals surface area (Å²) in [5.74, 6) is -2.99. The van der Waals surface area contributed by atoms with Crippen LogP contribution in [0.4, 0.5) is 0 Å². The fourth-order valence-corrected chi connectivity index (χ4v) is 2.08. The van der Waals surface area contributed by atoms with Gasteiger partial charge in [-0.3, -0.25) is 0 Å².